The van der Waals surface area contributed by atoms with Gasteiger partial charge in [-0.15, -0.1) is 5.10 Å². The van der Waals surface area contributed by atoms with Gasteiger partial charge in [-0.05, 0) is 31.5 Å². The SMILES string of the molecule is CCCCN1C(=O)/C(=c2\sc3nc(-c4ccc(C)cc4)nn3c2=O)c2cc(Br)ccc21. The van der Waals surface area contributed by atoms with E-state index >= 15 is 0 Å². The molecule has 0 saturated carbocycles. The number of hydrogen-bond donors (Lipinski definition) is 0. The van der Waals surface area contributed by atoms with Crippen LogP contribution >= 0.6 is 27.3 Å². The van der Waals surface area contributed by atoms with E-state index in [0.29, 0.717) is 27.4 Å². The first-order valence-corrected chi connectivity index (χ1v) is 11.7. The van der Waals surface area contributed by atoms with Crippen LogP contribution in [0.2, 0.25) is 0 Å². The highest BCUT2D eigenvalue weighted by molar-refractivity contribution is 9.10. The van der Waals surface area contributed by atoms with Crippen LogP contribution in [-0.4, -0.2) is 27.0 Å². The Balaban J connectivity index is 1.69. The molecular weight excluding hydrogens is 476 g/mol. The third-order valence-corrected chi connectivity index (χ3v) is 6.93. The lowest BCUT2D eigenvalue weighted by atomic mass is 10.1. The highest BCUT2D eigenvalue weighted by Gasteiger charge is 2.34. The van der Waals surface area contributed by atoms with Gasteiger partial charge in [-0.25, -0.2) is 0 Å². The summed E-state index contributed by atoms with van der Waals surface area (Å²) in [6.45, 7) is 4.73. The molecule has 1 aliphatic rings. The van der Waals surface area contributed by atoms with E-state index in [4.69, 9.17) is 0 Å². The van der Waals surface area contributed by atoms with Crippen LogP contribution in [0.1, 0.15) is 30.9 Å². The number of rotatable bonds is 4. The number of halogens is 1. The molecule has 1 aliphatic heterocycles. The van der Waals surface area contributed by atoms with Crippen molar-refractivity contribution >= 4 is 49.4 Å². The van der Waals surface area contributed by atoms with Crippen LogP contribution in [0.25, 0.3) is 21.9 Å². The summed E-state index contributed by atoms with van der Waals surface area (Å²) < 4.78 is 2.55. The number of nitrogens with zero attached hydrogens (tertiary/aromatic N) is 4. The number of hydrogen-bond acceptors (Lipinski definition) is 5. The Labute approximate surface area is 191 Å². The lowest BCUT2D eigenvalue weighted by molar-refractivity contribution is -0.113. The first-order valence-electron chi connectivity index (χ1n) is 10.1. The summed E-state index contributed by atoms with van der Waals surface area (Å²) in [6.07, 6.45) is 1.88. The van der Waals surface area contributed by atoms with Crippen molar-refractivity contribution < 1.29 is 4.79 Å². The number of carbonyl (C=O) groups excluding carboxylic acids is 1. The minimum atomic E-state index is -0.308. The molecule has 5 rings (SSSR count). The van der Waals surface area contributed by atoms with Gasteiger partial charge in [0.2, 0.25) is 4.96 Å². The fraction of sp³-hybridized carbons (Fsp3) is 0.217. The van der Waals surface area contributed by atoms with E-state index in [0.717, 1.165) is 39.7 Å². The summed E-state index contributed by atoms with van der Waals surface area (Å²) in [5.74, 6) is 0.368. The van der Waals surface area contributed by atoms with E-state index in [1.807, 2.05) is 49.4 Å². The van der Waals surface area contributed by atoms with Crippen molar-refractivity contribution in [1.29, 1.82) is 0 Å². The van der Waals surface area contributed by atoms with E-state index < -0.39 is 0 Å². The summed E-state index contributed by atoms with van der Waals surface area (Å²) in [5.41, 5.74) is 3.74. The number of fused-ring (bicyclic) bond motifs is 2. The number of carbonyl (C=O) groups is 1. The first-order chi connectivity index (χ1) is 15.0. The molecule has 31 heavy (non-hydrogen) atoms. The Morgan fingerprint density at radius 1 is 1.10 bits per heavy atom. The van der Waals surface area contributed by atoms with Gasteiger partial charge in [-0.1, -0.05) is 70.4 Å². The zero-order chi connectivity index (χ0) is 21.7. The smallest absolute Gasteiger partial charge is 0.291 e. The Morgan fingerprint density at radius 2 is 1.87 bits per heavy atom. The van der Waals surface area contributed by atoms with Gasteiger partial charge in [0.1, 0.15) is 4.53 Å². The van der Waals surface area contributed by atoms with Crippen LogP contribution in [0.5, 0.6) is 0 Å². The zero-order valence-corrected chi connectivity index (χ0v) is 19.5. The van der Waals surface area contributed by atoms with Gasteiger partial charge in [0.05, 0.1) is 11.3 Å². The third-order valence-electron chi connectivity index (χ3n) is 5.41. The number of anilines is 1. The molecule has 0 aliphatic carbocycles. The molecule has 0 saturated heterocycles. The van der Waals surface area contributed by atoms with Crippen LogP contribution in [0.3, 0.4) is 0 Å². The molecule has 6 nitrogen and oxygen atoms in total. The van der Waals surface area contributed by atoms with Gasteiger partial charge < -0.3 is 4.90 Å². The number of aromatic nitrogens is 3. The highest BCUT2D eigenvalue weighted by Crippen LogP contribution is 2.37. The Morgan fingerprint density at radius 3 is 2.58 bits per heavy atom. The fourth-order valence-electron chi connectivity index (χ4n) is 3.77. The van der Waals surface area contributed by atoms with E-state index in [-0.39, 0.29) is 11.5 Å². The van der Waals surface area contributed by atoms with Crippen LogP contribution in [0, 0.1) is 6.92 Å². The third kappa shape index (κ3) is 3.30. The number of aryl methyl sites for hydroxylation is 1. The minimum absolute atomic E-state index is 0.137. The molecule has 0 bridgehead atoms. The van der Waals surface area contributed by atoms with Gasteiger partial charge in [0.25, 0.3) is 11.5 Å². The van der Waals surface area contributed by atoms with Gasteiger partial charge >= 0.3 is 0 Å². The average molecular weight is 495 g/mol. The van der Waals surface area contributed by atoms with Gasteiger partial charge in [0.15, 0.2) is 5.82 Å². The van der Waals surface area contributed by atoms with Gasteiger partial charge in [-0.2, -0.15) is 9.50 Å². The predicted molar refractivity (Wildman–Crippen MR) is 126 cm³/mol. The topological polar surface area (TPSA) is 67.6 Å². The molecule has 2 aromatic heterocycles. The Kier molecular flexibility index (Phi) is 4.98. The number of benzene rings is 2. The number of unbranched alkanes of at least 4 members (excludes halogenated alkanes) is 1. The number of thiazole rings is 1. The molecule has 4 aromatic rings. The normalized spacial score (nSPS) is 15.2. The second-order valence-corrected chi connectivity index (χ2v) is 9.47. The maximum atomic E-state index is 13.3. The standard InChI is InChI=1S/C23H19BrN4O2S/c1-3-4-11-27-17-10-9-15(24)12-16(17)18(21(27)29)19-22(30)28-23(31-19)25-20(26-28)14-7-5-13(2)6-8-14/h5-10,12H,3-4,11H2,1-2H3/b19-18-. The molecule has 8 heteroatoms. The summed E-state index contributed by atoms with van der Waals surface area (Å²) in [5, 5.41) is 4.43. The van der Waals surface area contributed by atoms with Gasteiger partial charge in [-0.3, -0.25) is 9.59 Å². The molecule has 0 atom stereocenters. The number of amides is 1. The average Bonchev–Trinajstić information content (AvgIpc) is 3.38. The molecular formula is C23H19BrN4O2S. The quantitative estimate of drug-likeness (QED) is 0.430. The van der Waals surface area contributed by atoms with Crippen molar-refractivity contribution in [3.63, 3.8) is 0 Å². The lowest BCUT2D eigenvalue weighted by Crippen LogP contribution is -2.33. The maximum Gasteiger partial charge on any atom is 0.291 e. The highest BCUT2D eigenvalue weighted by atomic mass is 79.9. The zero-order valence-electron chi connectivity index (χ0n) is 17.1. The maximum absolute atomic E-state index is 13.3. The molecule has 156 valence electrons. The van der Waals surface area contributed by atoms with E-state index in [1.54, 1.807) is 4.90 Å². The molecule has 0 unspecified atom stereocenters. The largest absolute Gasteiger partial charge is 0.308 e. The molecule has 3 heterocycles. The molecule has 0 spiro atoms. The molecule has 0 radical (unpaired) electrons. The van der Waals surface area contributed by atoms with Crippen molar-refractivity contribution in [3.05, 3.63) is 73.0 Å². The summed E-state index contributed by atoms with van der Waals surface area (Å²) >= 11 is 4.71. The second kappa shape index (κ2) is 7.69. The molecule has 2 aromatic carbocycles. The van der Waals surface area contributed by atoms with E-state index in [2.05, 4.69) is 32.9 Å². The predicted octanol–water partition coefficient (Wildman–Crippen LogP) is 3.95. The van der Waals surface area contributed by atoms with E-state index in [1.165, 1.54) is 15.9 Å². The Bertz CT molecular complexity index is 1440. The van der Waals surface area contributed by atoms with Crippen molar-refractivity contribution in [2.75, 3.05) is 11.4 Å². The van der Waals surface area contributed by atoms with Crippen molar-refractivity contribution in [2.24, 2.45) is 0 Å². The van der Waals surface area contributed by atoms with Crippen LogP contribution in [-0.2, 0) is 4.79 Å². The van der Waals surface area contributed by atoms with Crippen LogP contribution < -0.4 is 15.0 Å². The summed E-state index contributed by atoms with van der Waals surface area (Å²) in [7, 11) is 0. The van der Waals surface area contributed by atoms with Crippen LogP contribution in [0.15, 0.2) is 51.7 Å². The second-order valence-electron chi connectivity index (χ2n) is 7.58. The van der Waals surface area contributed by atoms with Crippen molar-refractivity contribution in [2.45, 2.75) is 26.7 Å². The fourth-order valence-corrected chi connectivity index (χ4v) is 5.13. The lowest BCUT2D eigenvalue weighted by Gasteiger charge is -2.16. The van der Waals surface area contributed by atoms with Crippen molar-refractivity contribution in [1.82, 2.24) is 14.6 Å². The molecule has 0 N–H and O–H groups in total. The first kappa shape index (κ1) is 20.1. The Hall–Kier alpha value is -2.84. The van der Waals surface area contributed by atoms with E-state index in [9.17, 15) is 9.59 Å². The summed E-state index contributed by atoms with van der Waals surface area (Å²) in [4.78, 5) is 33.4. The molecule has 1 amide bonds. The van der Waals surface area contributed by atoms with Crippen molar-refractivity contribution in [3.8, 4) is 11.4 Å². The molecule has 0 fully saturated rings. The monoisotopic (exact) mass is 494 g/mol. The summed E-state index contributed by atoms with van der Waals surface area (Å²) in [6, 6.07) is 13.6. The minimum Gasteiger partial charge on any atom is -0.308 e. The van der Waals surface area contributed by atoms with Crippen LogP contribution in [0.4, 0.5) is 5.69 Å². The van der Waals surface area contributed by atoms with Gasteiger partial charge in [0, 0.05) is 22.1 Å².